The minimum absolute atomic E-state index is 0.0983. The zero-order chi connectivity index (χ0) is 34.8. The van der Waals surface area contributed by atoms with Crippen LogP contribution in [0.15, 0.2) is 76.9 Å². The van der Waals surface area contributed by atoms with Crippen molar-refractivity contribution in [3.63, 3.8) is 0 Å². The molecule has 0 unspecified atom stereocenters. The Kier molecular flexibility index (Phi) is 8.71. The number of benzene rings is 3. The monoisotopic (exact) mass is 868 g/mol. The standard InChI is InChI=1S/C37H40S12/c1-32(2)38-16-13-17-27(45-33(3,4)39-17)23(26(16)44-32)22(24-28-18(40-34(5,6)46-28)14-19-29(24)47-35(7,8)41-19)25-30-20(42-36(9,10)48-30)15-21-31(25)49-37(11,12)43-21/h13-15,22H,1-12H3. The van der Waals surface area contributed by atoms with Crippen molar-refractivity contribution in [2.75, 3.05) is 0 Å². The van der Waals surface area contributed by atoms with E-state index in [1.54, 1.807) is 16.7 Å². The molecule has 49 heavy (non-hydrogen) atoms. The fraction of sp³-hybridized carbons (Fsp3) is 0.514. The summed E-state index contributed by atoms with van der Waals surface area (Å²) in [6.07, 6.45) is 0. The lowest BCUT2D eigenvalue weighted by atomic mass is 9.84. The molecular formula is C37H40S12. The summed E-state index contributed by atoms with van der Waals surface area (Å²) in [6.45, 7) is 29.2. The highest BCUT2D eigenvalue weighted by Crippen LogP contribution is 2.73. The van der Waals surface area contributed by atoms with Crippen molar-refractivity contribution in [3.05, 3.63) is 34.9 Å². The molecule has 0 aliphatic carbocycles. The Bertz CT molecular complexity index is 1650. The van der Waals surface area contributed by atoms with E-state index in [1.165, 1.54) is 58.7 Å². The Morgan fingerprint density at radius 3 is 0.612 bits per heavy atom. The van der Waals surface area contributed by atoms with Crippen LogP contribution in [-0.4, -0.2) is 24.5 Å². The van der Waals surface area contributed by atoms with Crippen molar-refractivity contribution in [2.24, 2.45) is 0 Å². The Morgan fingerprint density at radius 2 is 0.449 bits per heavy atom. The molecule has 12 heteroatoms. The van der Waals surface area contributed by atoms with Gasteiger partial charge in [-0.3, -0.25) is 0 Å². The average molecular weight is 870 g/mol. The zero-order valence-electron chi connectivity index (χ0n) is 29.7. The van der Waals surface area contributed by atoms with Crippen molar-refractivity contribution in [2.45, 2.75) is 172 Å². The first-order valence-corrected chi connectivity index (χ1v) is 26.3. The van der Waals surface area contributed by atoms with Gasteiger partial charge in [0.25, 0.3) is 0 Å². The smallest absolute Gasteiger partial charge is 0.0650 e. The quantitative estimate of drug-likeness (QED) is 0.230. The predicted molar refractivity (Wildman–Crippen MR) is 235 cm³/mol. The molecule has 3 aromatic carbocycles. The molecule has 0 N–H and O–H groups in total. The molecule has 0 saturated heterocycles. The number of fused-ring (bicyclic) bond motifs is 6. The van der Waals surface area contributed by atoms with E-state index in [2.05, 4.69) is 242 Å². The maximum absolute atomic E-state index is 2.56. The Balaban J connectivity index is 1.44. The van der Waals surface area contributed by atoms with Crippen molar-refractivity contribution in [3.8, 4) is 0 Å². The van der Waals surface area contributed by atoms with E-state index < -0.39 is 0 Å². The lowest BCUT2D eigenvalue weighted by Crippen LogP contribution is -2.14. The van der Waals surface area contributed by atoms with Gasteiger partial charge in [-0.2, -0.15) is 0 Å². The largest absolute Gasteiger partial charge is 0.107 e. The molecule has 6 aliphatic rings. The molecule has 0 aromatic heterocycles. The summed E-state index contributed by atoms with van der Waals surface area (Å²) in [5, 5.41) is 0. The molecule has 0 bridgehead atoms. The zero-order valence-corrected chi connectivity index (χ0v) is 39.5. The van der Waals surface area contributed by atoms with E-state index in [1.807, 2.05) is 0 Å². The molecule has 3 aromatic rings. The van der Waals surface area contributed by atoms with E-state index in [-0.39, 0.29) is 30.4 Å². The van der Waals surface area contributed by atoms with Crippen LogP contribution < -0.4 is 0 Å². The third-order valence-electron chi connectivity index (χ3n) is 8.68. The van der Waals surface area contributed by atoms with Crippen LogP contribution in [0.2, 0.25) is 0 Å². The second kappa shape index (κ2) is 11.7. The first-order valence-electron chi connectivity index (χ1n) is 16.5. The first kappa shape index (κ1) is 36.5. The summed E-state index contributed by atoms with van der Waals surface area (Å²) < 4.78 is 0.590. The third-order valence-corrected chi connectivity index (χ3v) is 25.5. The van der Waals surface area contributed by atoms with E-state index in [9.17, 15) is 0 Å². The molecular weight excluding hydrogens is 829 g/mol. The Hall–Kier alpha value is 1.86. The van der Waals surface area contributed by atoms with Gasteiger partial charge in [0.15, 0.2) is 0 Å². The molecule has 0 spiro atoms. The van der Waals surface area contributed by atoms with Crippen LogP contribution in [0.1, 0.15) is 106 Å². The van der Waals surface area contributed by atoms with Gasteiger partial charge in [-0.25, -0.2) is 0 Å². The lowest BCUT2D eigenvalue weighted by molar-refractivity contribution is 0.767. The van der Waals surface area contributed by atoms with E-state index in [0.29, 0.717) is 0 Å². The van der Waals surface area contributed by atoms with Crippen LogP contribution in [0.3, 0.4) is 0 Å². The molecule has 9 rings (SSSR count). The number of hydrogen-bond acceptors (Lipinski definition) is 12. The van der Waals surface area contributed by atoms with Gasteiger partial charge in [-0.05, 0) is 118 Å². The van der Waals surface area contributed by atoms with Crippen LogP contribution in [0, 0.1) is 0 Å². The molecule has 0 fully saturated rings. The van der Waals surface area contributed by atoms with Crippen molar-refractivity contribution in [1.82, 2.24) is 0 Å². The molecule has 6 aliphatic heterocycles. The van der Waals surface area contributed by atoms with E-state index >= 15 is 0 Å². The average Bonchev–Trinajstić information content (AvgIpc) is 3.71. The summed E-state index contributed by atoms with van der Waals surface area (Å²) in [4.78, 5) is 18.2. The van der Waals surface area contributed by atoms with Gasteiger partial charge in [0, 0.05) is 64.7 Å². The van der Waals surface area contributed by atoms with Gasteiger partial charge in [0.05, 0.1) is 24.5 Å². The summed E-state index contributed by atoms with van der Waals surface area (Å²) >= 11 is 25.3. The van der Waals surface area contributed by atoms with E-state index in [4.69, 9.17) is 0 Å². The second-order valence-electron chi connectivity index (χ2n) is 15.9. The topological polar surface area (TPSA) is 0 Å². The Morgan fingerprint density at radius 1 is 0.286 bits per heavy atom. The summed E-state index contributed by atoms with van der Waals surface area (Å²) in [5.41, 5.74) is 4.79. The van der Waals surface area contributed by atoms with Gasteiger partial charge < -0.3 is 0 Å². The molecule has 6 heterocycles. The van der Waals surface area contributed by atoms with Crippen molar-refractivity contribution in [1.29, 1.82) is 0 Å². The van der Waals surface area contributed by atoms with Gasteiger partial charge in [0.1, 0.15) is 0 Å². The minimum Gasteiger partial charge on any atom is -0.107 e. The molecule has 0 atom stereocenters. The molecule has 0 saturated carbocycles. The number of thioether (sulfide) groups is 12. The number of rotatable bonds is 3. The normalized spacial score (nSPS) is 24.9. The van der Waals surface area contributed by atoms with Crippen LogP contribution >= 0.6 is 141 Å². The SMILES string of the molecule is CC1(C)Sc2cc3c(c(C(c4c5c(cc6c4SC(C)(C)S6)SC(C)(C)S5)c4c5c(cc6c4SC(C)(C)S6)SC(C)(C)S5)c2S1)SC(C)(C)S3. The minimum atomic E-state index is 0.0983. The van der Waals surface area contributed by atoms with Crippen LogP contribution in [0.5, 0.6) is 0 Å². The lowest BCUT2D eigenvalue weighted by Gasteiger charge is -2.31. The highest BCUT2D eigenvalue weighted by Gasteiger charge is 2.50. The summed E-state index contributed by atoms with van der Waals surface area (Å²) in [6, 6.07) is 7.69. The fourth-order valence-corrected chi connectivity index (χ4v) is 24.7. The van der Waals surface area contributed by atoms with Crippen molar-refractivity contribution >= 4 is 141 Å². The maximum atomic E-state index is 2.56. The van der Waals surface area contributed by atoms with Gasteiger partial charge >= 0.3 is 0 Å². The molecule has 0 radical (unpaired) electrons. The van der Waals surface area contributed by atoms with Gasteiger partial charge in [-0.1, -0.05) is 0 Å². The predicted octanol–water partition coefficient (Wildman–Crippen LogP) is 16.5. The highest BCUT2D eigenvalue weighted by atomic mass is 32.2. The summed E-state index contributed by atoms with van der Waals surface area (Å²) in [5.74, 6) is 0.146. The van der Waals surface area contributed by atoms with Crippen LogP contribution in [0.25, 0.3) is 0 Å². The van der Waals surface area contributed by atoms with Crippen LogP contribution in [-0.2, 0) is 0 Å². The maximum Gasteiger partial charge on any atom is 0.0650 e. The summed E-state index contributed by atoms with van der Waals surface area (Å²) in [7, 11) is 0. The molecule has 0 amide bonds. The third kappa shape index (κ3) is 6.37. The molecule has 260 valence electrons. The van der Waals surface area contributed by atoms with E-state index in [0.717, 1.165) is 0 Å². The van der Waals surface area contributed by atoms with Crippen LogP contribution in [0.4, 0.5) is 0 Å². The van der Waals surface area contributed by atoms with Gasteiger partial charge in [0.2, 0.25) is 0 Å². The van der Waals surface area contributed by atoms with Crippen molar-refractivity contribution < 1.29 is 0 Å². The second-order valence-corrected chi connectivity index (χ2v) is 37.2. The van der Waals surface area contributed by atoms with Gasteiger partial charge in [-0.15, -0.1) is 141 Å². The fourth-order valence-electron chi connectivity index (χ4n) is 7.35. The molecule has 0 nitrogen and oxygen atoms in total. The first-order chi connectivity index (χ1) is 22.6. The number of hydrogen-bond donors (Lipinski definition) is 0. The highest BCUT2D eigenvalue weighted by molar-refractivity contribution is 8.23. The Labute approximate surface area is 344 Å².